The van der Waals surface area contributed by atoms with Crippen molar-refractivity contribution in [2.24, 2.45) is 5.73 Å². The van der Waals surface area contributed by atoms with Gasteiger partial charge in [0.2, 0.25) is 0 Å². The third-order valence-electron chi connectivity index (χ3n) is 3.74. The number of hydrogen-bond acceptors (Lipinski definition) is 5. The van der Waals surface area contributed by atoms with Crippen molar-refractivity contribution in [3.63, 3.8) is 0 Å². The summed E-state index contributed by atoms with van der Waals surface area (Å²) in [6, 6.07) is 7.48. The Morgan fingerprint density at radius 3 is 2.62 bits per heavy atom. The average molecular weight is 394 g/mol. The third-order valence-corrected chi connectivity index (χ3v) is 3.74. The van der Waals surface area contributed by atoms with Crippen LogP contribution >= 0.6 is 0 Å². The Morgan fingerprint density at radius 2 is 1.97 bits per heavy atom. The van der Waals surface area contributed by atoms with Gasteiger partial charge in [-0.2, -0.15) is 5.10 Å². The first kappa shape index (κ1) is 20.0. The maximum Gasteiger partial charge on any atom is 0.328 e. The number of amides is 1. The number of aromatic nitrogens is 3. The fourth-order valence-corrected chi connectivity index (χ4v) is 2.66. The highest BCUT2D eigenvalue weighted by Gasteiger charge is 2.20. The topological polar surface area (TPSA) is 100 Å². The van der Waals surface area contributed by atoms with Crippen molar-refractivity contribution in [1.82, 2.24) is 14.8 Å². The Bertz CT molecular complexity index is 1170. The standard InChI is InChI=1S/C21H19FN4O3/c1-21(2,3)29-18(27)12-26-17-7-5-13(10-16(17)19(25-26)20(23)28)4-6-15-11-14(22)8-9-24-15/h5,7-11H,12H2,1-3H3,(H2,23,28). The van der Waals surface area contributed by atoms with E-state index in [0.717, 1.165) is 0 Å². The number of benzene rings is 1. The summed E-state index contributed by atoms with van der Waals surface area (Å²) in [4.78, 5) is 27.9. The van der Waals surface area contributed by atoms with Gasteiger partial charge in [-0.05, 0) is 51.0 Å². The Morgan fingerprint density at radius 1 is 1.21 bits per heavy atom. The van der Waals surface area contributed by atoms with E-state index in [4.69, 9.17) is 10.5 Å². The van der Waals surface area contributed by atoms with E-state index in [0.29, 0.717) is 16.5 Å². The van der Waals surface area contributed by atoms with Crippen LogP contribution in [0.15, 0.2) is 36.5 Å². The number of primary amides is 1. The number of fused-ring (bicyclic) bond motifs is 1. The molecule has 0 saturated carbocycles. The van der Waals surface area contributed by atoms with Gasteiger partial charge in [0.1, 0.15) is 23.7 Å². The van der Waals surface area contributed by atoms with Crippen LogP contribution in [0.25, 0.3) is 10.9 Å². The number of carbonyl (C=O) groups excluding carboxylic acids is 2. The molecule has 8 heteroatoms. The quantitative estimate of drug-likeness (QED) is 0.543. The lowest BCUT2D eigenvalue weighted by atomic mass is 10.1. The molecule has 148 valence electrons. The van der Waals surface area contributed by atoms with Crippen molar-refractivity contribution >= 4 is 22.8 Å². The van der Waals surface area contributed by atoms with Crippen LogP contribution < -0.4 is 5.73 Å². The highest BCUT2D eigenvalue weighted by Crippen LogP contribution is 2.21. The zero-order chi connectivity index (χ0) is 21.2. The van der Waals surface area contributed by atoms with Gasteiger partial charge in [-0.3, -0.25) is 14.3 Å². The minimum atomic E-state index is -0.727. The van der Waals surface area contributed by atoms with E-state index in [1.807, 2.05) is 0 Å². The van der Waals surface area contributed by atoms with Gasteiger partial charge >= 0.3 is 5.97 Å². The highest BCUT2D eigenvalue weighted by molar-refractivity contribution is 6.04. The van der Waals surface area contributed by atoms with E-state index in [-0.39, 0.29) is 17.9 Å². The van der Waals surface area contributed by atoms with Gasteiger partial charge in [0.05, 0.1) is 5.52 Å². The molecular formula is C21H19FN4O3. The minimum Gasteiger partial charge on any atom is -0.459 e. The molecule has 0 saturated heterocycles. The molecule has 7 nitrogen and oxygen atoms in total. The second-order valence-electron chi connectivity index (χ2n) is 7.30. The van der Waals surface area contributed by atoms with Gasteiger partial charge in [-0.15, -0.1) is 0 Å². The van der Waals surface area contributed by atoms with E-state index in [2.05, 4.69) is 21.9 Å². The molecule has 0 radical (unpaired) electrons. The molecule has 0 unspecified atom stereocenters. The SMILES string of the molecule is CC(C)(C)OC(=O)Cn1nc(C(N)=O)c2cc(C#Cc3cc(F)ccn3)ccc21. The predicted molar refractivity (Wildman–Crippen MR) is 104 cm³/mol. The number of hydrogen-bond donors (Lipinski definition) is 1. The lowest BCUT2D eigenvalue weighted by molar-refractivity contribution is -0.155. The average Bonchev–Trinajstić information content (AvgIpc) is 2.96. The molecule has 3 aromatic rings. The number of ether oxygens (including phenoxy) is 1. The van der Waals surface area contributed by atoms with Gasteiger partial charge in [0, 0.05) is 23.2 Å². The van der Waals surface area contributed by atoms with E-state index < -0.39 is 23.3 Å². The largest absolute Gasteiger partial charge is 0.459 e. The maximum atomic E-state index is 13.2. The number of nitrogens with zero attached hydrogens (tertiary/aromatic N) is 3. The first-order chi connectivity index (χ1) is 13.6. The fraction of sp³-hybridized carbons (Fsp3) is 0.238. The van der Waals surface area contributed by atoms with E-state index in [1.54, 1.807) is 39.0 Å². The van der Waals surface area contributed by atoms with Crippen LogP contribution in [0.5, 0.6) is 0 Å². The number of carbonyl (C=O) groups is 2. The van der Waals surface area contributed by atoms with Gasteiger partial charge in [0.15, 0.2) is 5.69 Å². The monoisotopic (exact) mass is 394 g/mol. The van der Waals surface area contributed by atoms with Crippen LogP contribution in [0, 0.1) is 17.7 Å². The van der Waals surface area contributed by atoms with Gasteiger partial charge in [-0.1, -0.05) is 5.92 Å². The van der Waals surface area contributed by atoms with Crippen LogP contribution in [-0.4, -0.2) is 32.2 Å². The third kappa shape index (κ3) is 4.96. The van der Waals surface area contributed by atoms with Crippen LogP contribution in [0.2, 0.25) is 0 Å². The first-order valence-corrected chi connectivity index (χ1v) is 8.78. The number of pyridine rings is 1. The van der Waals surface area contributed by atoms with Crippen LogP contribution in [-0.2, 0) is 16.1 Å². The predicted octanol–water partition coefficient (Wildman–Crippen LogP) is 2.41. The zero-order valence-electron chi connectivity index (χ0n) is 16.2. The summed E-state index contributed by atoms with van der Waals surface area (Å²) in [6.07, 6.45) is 1.33. The van der Waals surface area contributed by atoms with Crippen molar-refractivity contribution < 1.29 is 18.7 Å². The number of esters is 1. The fourth-order valence-electron chi connectivity index (χ4n) is 2.66. The molecule has 2 N–H and O–H groups in total. The summed E-state index contributed by atoms with van der Waals surface area (Å²) in [7, 11) is 0. The molecule has 29 heavy (non-hydrogen) atoms. The zero-order valence-corrected chi connectivity index (χ0v) is 16.2. The molecule has 1 aromatic carbocycles. The van der Waals surface area contributed by atoms with Crippen molar-refractivity contribution in [2.45, 2.75) is 32.9 Å². The Balaban J connectivity index is 1.97. The molecule has 0 aliphatic rings. The van der Waals surface area contributed by atoms with Crippen molar-refractivity contribution in [3.8, 4) is 11.8 Å². The smallest absolute Gasteiger partial charge is 0.328 e. The molecule has 0 atom stereocenters. The lowest BCUT2D eigenvalue weighted by Gasteiger charge is -2.19. The van der Waals surface area contributed by atoms with E-state index >= 15 is 0 Å². The molecule has 0 aliphatic carbocycles. The number of halogens is 1. The van der Waals surface area contributed by atoms with Gasteiger partial charge in [0.25, 0.3) is 5.91 Å². The van der Waals surface area contributed by atoms with Crippen molar-refractivity contribution in [2.75, 3.05) is 0 Å². The number of nitrogens with two attached hydrogens (primary N) is 1. The summed E-state index contributed by atoms with van der Waals surface area (Å²) in [5.41, 5.74) is 6.20. The lowest BCUT2D eigenvalue weighted by Crippen LogP contribution is -2.27. The molecule has 0 fully saturated rings. The molecule has 2 aromatic heterocycles. The Labute approximate surface area is 166 Å². The van der Waals surface area contributed by atoms with Crippen LogP contribution in [0.1, 0.15) is 42.5 Å². The van der Waals surface area contributed by atoms with Crippen LogP contribution in [0.4, 0.5) is 4.39 Å². The summed E-state index contributed by atoms with van der Waals surface area (Å²) in [6.45, 7) is 5.12. The van der Waals surface area contributed by atoms with Gasteiger partial charge < -0.3 is 10.5 Å². The molecule has 1 amide bonds. The summed E-state index contributed by atoms with van der Waals surface area (Å²) >= 11 is 0. The molecule has 0 spiro atoms. The van der Waals surface area contributed by atoms with Crippen LogP contribution in [0.3, 0.4) is 0 Å². The van der Waals surface area contributed by atoms with E-state index in [9.17, 15) is 14.0 Å². The van der Waals surface area contributed by atoms with Crippen molar-refractivity contribution in [1.29, 1.82) is 0 Å². The summed E-state index contributed by atoms with van der Waals surface area (Å²) < 4.78 is 19.9. The summed E-state index contributed by atoms with van der Waals surface area (Å²) in [5.74, 6) is 3.98. The minimum absolute atomic E-state index is 0.0242. The Kier molecular flexibility index (Phi) is 5.33. The number of rotatable bonds is 3. The molecule has 0 bridgehead atoms. The Hall–Kier alpha value is -3.73. The molecule has 2 heterocycles. The second-order valence-corrected chi connectivity index (χ2v) is 7.30. The molecular weight excluding hydrogens is 375 g/mol. The van der Waals surface area contributed by atoms with Gasteiger partial charge in [-0.25, -0.2) is 9.37 Å². The molecule has 0 aliphatic heterocycles. The highest BCUT2D eigenvalue weighted by atomic mass is 19.1. The van der Waals surface area contributed by atoms with Crippen molar-refractivity contribution in [3.05, 3.63) is 59.3 Å². The molecule has 3 rings (SSSR count). The normalized spacial score (nSPS) is 11.0. The second kappa shape index (κ2) is 7.72. The maximum absolute atomic E-state index is 13.2. The van der Waals surface area contributed by atoms with E-state index in [1.165, 1.54) is 23.0 Å². The summed E-state index contributed by atoms with van der Waals surface area (Å²) in [5, 5.41) is 4.62. The first-order valence-electron chi connectivity index (χ1n) is 8.78.